The number of Topliss-reactive ketones (excluding diaryl/α,β-unsaturated/α-hetero) is 1. The van der Waals surface area contributed by atoms with Crippen molar-refractivity contribution < 1.29 is 33.4 Å². The lowest BCUT2D eigenvalue weighted by Crippen LogP contribution is -2.41. The molecule has 0 aliphatic carbocycles. The highest BCUT2D eigenvalue weighted by molar-refractivity contribution is 9.10. The van der Waals surface area contributed by atoms with E-state index in [0.29, 0.717) is 26.2 Å². The summed E-state index contributed by atoms with van der Waals surface area (Å²) in [7, 11) is 0. The lowest BCUT2D eigenvalue weighted by molar-refractivity contribution is -0.120. The standard InChI is InChI=1S/C26H25N3O2.C20H20BrN3O2.C14H16BrNO3/c1-19-14-16-28-17-22(27-25(28)24(19)21-11-6-3-7-12-21)23-13-8-15-29(23)26(30)31-18-20-9-4-2-5-10-20;1-14-9-11-23-12-16(22-19(23)18(14)21)17-8-5-10-24(17)20(25)26-13-15-6-3-2-4-7-15;15-9-13(17)12-7-4-8-16(12)14(18)19-10-11-5-2-1-3-6-11/h2-7,9-12,14,16-17,23H,8,13,15,18H2,1H3;2-4,6-7,9,11-12,17H,5,8,10,13H2,1H3;1-3,5-6,12H,4,7-10H2/t23-;17-;12-/m000/s1. The topological polar surface area (TPSA) is 140 Å². The average Bonchev–Trinajstić information content (AvgIpc) is 4.34. The Morgan fingerprint density at radius 2 is 0.934 bits per heavy atom. The van der Waals surface area contributed by atoms with Gasteiger partial charge in [-0.15, -0.1) is 0 Å². The van der Waals surface area contributed by atoms with E-state index >= 15 is 0 Å². The zero-order valence-electron chi connectivity index (χ0n) is 42.7. The summed E-state index contributed by atoms with van der Waals surface area (Å²) < 4.78 is 21.4. The molecule has 3 atom stereocenters. The maximum Gasteiger partial charge on any atom is 0.410 e. The highest BCUT2D eigenvalue weighted by Crippen LogP contribution is 2.36. The number of aryl methyl sites for hydroxylation is 2. The number of carbonyl (C=O) groups excluding carboxylic acids is 4. The van der Waals surface area contributed by atoms with Crippen LogP contribution in [0.2, 0.25) is 0 Å². The van der Waals surface area contributed by atoms with Crippen LogP contribution in [0.4, 0.5) is 14.4 Å². The van der Waals surface area contributed by atoms with Crippen LogP contribution in [-0.4, -0.2) is 88.5 Å². The summed E-state index contributed by atoms with van der Waals surface area (Å²) in [5.74, 6) is 0.0363. The van der Waals surface area contributed by atoms with Crippen molar-refractivity contribution in [3.63, 3.8) is 0 Å². The number of aromatic nitrogens is 4. The van der Waals surface area contributed by atoms with Gasteiger partial charge in [-0.1, -0.05) is 137 Å². The van der Waals surface area contributed by atoms with Crippen LogP contribution in [0.1, 0.15) is 89.8 Å². The molecule has 11 rings (SSSR count). The summed E-state index contributed by atoms with van der Waals surface area (Å²) in [6.07, 6.45) is 12.4. The molecule has 392 valence electrons. The predicted octanol–water partition coefficient (Wildman–Crippen LogP) is 13.4. The molecule has 16 heteroatoms. The third kappa shape index (κ3) is 12.8. The van der Waals surface area contributed by atoms with Crippen molar-refractivity contribution in [3.8, 4) is 11.1 Å². The van der Waals surface area contributed by atoms with Gasteiger partial charge in [-0.2, -0.15) is 0 Å². The molecule has 0 radical (unpaired) electrons. The fourth-order valence-electron chi connectivity index (χ4n) is 9.98. The fourth-order valence-corrected chi connectivity index (χ4v) is 10.8. The molecule has 3 amide bonds. The van der Waals surface area contributed by atoms with Crippen LogP contribution in [0, 0.1) is 13.8 Å². The van der Waals surface area contributed by atoms with E-state index in [4.69, 9.17) is 24.2 Å². The Morgan fingerprint density at radius 1 is 0.526 bits per heavy atom. The Kier molecular flexibility index (Phi) is 18.0. The smallest absolute Gasteiger partial charge is 0.410 e. The van der Waals surface area contributed by atoms with Gasteiger partial charge in [-0.25, -0.2) is 24.4 Å². The summed E-state index contributed by atoms with van der Waals surface area (Å²) in [4.78, 5) is 64.0. The van der Waals surface area contributed by atoms with Crippen LogP contribution in [-0.2, 0) is 38.8 Å². The number of halogens is 2. The van der Waals surface area contributed by atoms with E-state index in [1.165, 1.54) is 10.5 Å². The van der Waals surface area contributed by atoms with Gasteiger partial charge in [0.05, 0.1) is 39.3 Å². The number of imidazole rings is 2. The lowest BCUT2D eigenvalue weighted by Gasteiger charge is -2.22. The number of carbonyl (C=O) groups is 4. The number of nitrogens with zero attached hydrogens (tertiary/aromatic N) is 7. The molecule has 3 aliphatic rings. The maximum atomic E-state index is 12.8. The largest absolute Gasteiger partial charge is 0.445 e. The van der Waals surface area contributed by atoms with Crippen molar-refractivity contribution >= 4 is 67.2 Å². The molecule has 0 N–H and O–H groups in total. The predicted molar refractivity (Wildman–Crippen MR) is 299 cm³/mol. The molecule has 76 heavy (non-hydrogen) atoms. The summed E-state index contributed by atoms with van der Waals surface area (Å²) in [5, 5.41) is 0.278. The second-order valence-electron chi connectivity index (χ2n) is 19.1. The van der Waals surface area contributed by atoms with Gasteiger partial charge in [0, 0.05) is 50.0 Å². The number of pyridine rings is 2. The number of benzene rings is 4. The number of alkyl halides is 1. The van der Waals surface area contributed by atoms with Gasteiger partial charge in [0.15, 0.2) is 11.4 Å². The molecule has 7 heterocycles. The van der Waals surface area contributed by atoms with Crippen LogP contribution in [0.3, 0.4) is 0 Å². The summed E-state index contributed by atoms with van der Waals surface area (Å²) >= 11 is 6.76. The third-order valence-electron chi connectivity index (χ3n) is 14.0. The minimum atomic E-state index is -0.402. The van der Waals surface area contributed by atoms with Gasteiger partial charge in [0.2, 0.25) is 0 Å². The van der Waals surface area contributed by atoms with Crippen molar-refractivity contribution in [1.82, 2.24) is 33.5 Å². The van der Waals surface area contributed by atoms with Crippen LogP contribution < -0.4 is 0 Å². The first-order chi connectivity index (χ1) is 37.1. The Morgan fingerprint density at radius 3 is 1.42 bits per heavy atom. The molecule has 0 bridgehead atoms. The summed E-state index contributed by atoms with van der Waals surface area (Å²) in [5.41, 5.74) is 11.1. The second-order valence-corrected chi connectivity index (χ2v) is 20.5. The normalized spacial score (nSPS) is 16.9. The number of likely N-dealkylation sites (tertiary alicyclic amines) is 3. The van der Waals surface area contributed by atoms with Gasteiger partial charge in [0.1, 0.15) is 25.5 Å². The highest BCUT2D eigenvalue weighted by Gasteiger charge is 2.36. The Balaban J connectivity index is 0.000000144. The van der Waals surface area contributed by atoms with E-state index in [1.807, 2.05) is 150 Å². The van der Waals surface area contributed by atoms with Crippen molar-refractivity contribution in [2.45, 2.75) is 90.3 Å². The number of rotatable bonds is 11. The molecule has 3 fully saturated rings. The summed E-state index contributed by atoms with van der Waals surface area (Å²) in [6.45, 7) is 6.95. The Hall–Kier alpha value is -7.30. The average molecular weight is 1150 g/mol. The van der Waals surface area contributed by atoms with Crippen LogP contribution in [0.25, 0.3) is 22.4 Å². The van der Waals surface area contributed by atoms with Gasteiger partial charge in [-0.3, -0.25) is 19.5 Å². The monoisotopic (exact) mass is 1150 g/mol. The molecular formula is C60H61Br2N7O7. The van der Waals surface area contributed by atoms with Crippen LogP contribution in [0.15, 0.2) is 163 Å². The van der Waals surface area contributed by atoms with E-state index in [1.54, 1.807) is 4.90 Å². The fraction of sp³-hybridized carbons (Fsp3) is 0.300. The molecule has 0 unspecified atom stereocenters. The summed E-state index contributed by atoms with van der Waals surface area (Å²) in [6, 6.07) is 43.1. The van der Waals surface area contributed by atoms with Crippen LogP contribution >= 0.6 is 31.9 Å². The Bertz CT molecular complexity index is 3250. The first kappa shape index (κ1) is 53.5. The highest BCUT2D eigenvalue weighted by atomic mass is 79.9. The zero-order chi connectivity index (χ0) is 53.0. The molecule has 8 aromatic rings. The zero-order valence-corrected chi connectivity index (χ0v) is 45.9. The molecule has 0 spiro atoms. The van der Waals surface area contributed by atoms with Gasteiger partial charge < -0.3 is 23.0 Å². The molecule has 14 nitrogen and oxygen atoms in total. The van der Waals surface area contributed by atoms with Gasteiger partial charge >= 0.3 is 18.3 Å². The maximum absolute atomic E-state index is 12.8. The number of ether oxygens (including phenoxy) is 3. The van der Waals surface area contributed by atoms with E-state index < -0.39 is 6.09 Å². The SMILES string of the molecule is Cc1ccn2cc([C@@H]3CCCN3C(=O)OCc3ccccc3)nc2c1-c1ccccc1.Cc1ccn2cc([C@@H]3CCCN3C(=O)OCc3ccccc3)nc2c1Br.O=C(CBr)[C@@H]1CCCN1C(=O)OCc1ccccc1. The molecular weight excluding hydrogens is 1090 g/mol. The number of hydrogen-bond acceptors (Lipinski definition) is 9. The van der Waals surface area contributed by atoms with E-state index in [-0.39, 0.29) is 54.6 Å². The lowest BCUT2D eigenvalue weighted by atomic mass is 10.0. The van der Waals surface area contributed by atoms with E-state index in [2.05, 4.69) is 67.6 Å². The number of ketones is 1. The van der Waals surface area contributed by atoms with Crippen molar-refractivity contribution in [1.29, 1.82) is 0 Å². The quantitative estimate of drug-likeness (QED) is 0.0914. The van der Waals surface area contributed by atoms with Crippen molar-refractivity contribution in [2.24, 2.45) is 0 Å². The molecule has 4 aromatic heterocycles. The number of hydrogen-bond donors (Lipinski definition) is 0. The number of amides is 3. The molecule has 3 aliphatic heterocycles. The van der Waals surface area contributed by atoms with Gasteiger partial charge in [0.25, 0.3) is 0 Å². The first-order valence-electron chi connectivity index (χ1n) is 25.7. The number of fused-ring (bicyclic) bond motifs is 2. The third-order valence-corrected chi connectivity index (χ3v) is 15.5. The van der Waals surface area contributed by atoms with Crippen molar-refractivity contribution in [3.05, 3.63) is 202 Å². The van der Waals surface area contributed by atoms with Crippen molar-refractivity contribution in [2.75, 3.05) is 25.0 Å². The Labute approximate surface area is 459 Å². The molecule has 4 aromatic carbocycles. The molecule has 0 saturated carbocycles. The van der Waals surface area contributed by atoms with E-state index in [9.17, 15) is 19.2 Å². The minimum Gasteiger partial charge on any atom is -0.445 e. The molecule has 3 saturated heterocycles. The second kappa shape index (κ2) is 25.5. The van der Waals surface area contributed by atoms with Crippen LogP contribution in [0.5, 0.6) is 0 Å². The minimum absolute atomic E-state index is 0.0363. The van der Waals surface area contributed by atoms with Gasteiger partial charge in [-0.05, 0) is 114 Å². The first-order valence-corrected chi connectivity index (χ1v) is 27.7. The van der Waals surface area contributed by atoms with E-state index in [0.717, 1.165) is 99.1 Å².